The molecule has 17 heteroatoms. The zero-order valence-electron chi connectivity index (χ0n) is 33.3. The molecule has 0 atom stereocenters. The number of rotatable bonds is 11. The van der Waals surface area contributed by atoms with Gasteiger partial charge in [-0.3, -0.25) is 14.6 Å². The van der Waals surface area contributed by atoms with Crippen LogP contribution < -0.4 is 15.4 Å². The highest BCUT2D eigenvalue weighted by Crippen LogP contribution is 2.32. The van der Waals surface area contributed by atoms with Crippen molar-refractivity contribution in [3.05, 3.63) is 193 Å². The minimum atomic E-state index is -4.11. The van der Waals surface area contributed by atoms with Gasteiger partial charge in [-0.1, -0.05) is 48.5 Å². The van der Waals surface area contributed by atoms with E-state index < -0.39 is 30.4 Å². The number of amides is 2. The van der Waals surface area contributed by atoms with Crippen molar-refractivity contribution in [3.63, 3.8) is 0 Å². The third-order valence-corrected chi connectivity index (χ3v) is 13.6. The average Bonchev–Trinajstić information content (AvgIpc) is 3.99. The van der Waals surface area contributed by atoms with Crippen LogP contribution in [0.1, 0.15) is 31.8 Å². The number of carbonyl (C=O) groups is 2. The molecule has 63 heavy (non-hydrogen) atoms. The van der Waals surface area contributed by atoms with Crippen LogP contribution in [0.4, 0.5) is 4.39 Å². The van der Waals surface area contributed by atoms with Crippen LogP contribution >= 0.6 is 0 Å². The van der Waals surface area contributed by atoms with Crippen molar-refractivity contribution in [1.82, 2.24) is 34.4 Å². The van der Waals surface area contributed by atoms with E-state index in [0.717, 1.165) is 28.3 Å². The molecule has 316 valence electrons. The van der Waals surface area contributed by atoms with Crippen molar-refractivity contribution < 1.29 is 35.6 Å². The quantitative estimate of drug-likeness (QED) is 0.139. The van der Waals surface area contributed by atoms with Crippen LogP contribution in [-0.2, 0) is 32.8 Å². The van der Waals surface area contributed by atoms with Crippen LogP contribution in [0.2, 0.25) is 0 Å². The highest BCUT2D eigenvalue weighted by atomic mass is 32.2. The first-order valence-electron chi connectivity index (χ1n) is 19.2. The monoisotopic (exact) mass is 881 g/mol. The SMILES string of the molecule is COc1cccc(F)c1S(=O)(=O)c1ccc(CNC(=O)c2ccc3nccn3c2)cc1.O=C(NCc1ccc(S(=O)(=O)c2cccc3cccnc23)cc1)c1ccc2nccn2c1. The third kappa shape index (κ3) is 8.86. The molecule has 5 aromatic heterocycles. The van der Waals surface area contributed by atoms with E-state index in [0.29, 0.717) is 22.2 Å². The number of benzene rings is 4. The van der Waals surface area contributed by atoms with Gasteiger partial charge in [-0.15, -0.1) is 0 Å². The van der Waals surface area contributed by atoms with Gasteiger partial charge in [0.1, 0.15) is 27.8 Å². The minimum Gasteiger partial charge on any atom is -0.495 e. The molecule has 0 saturated carbocycles. The van der Waals surface area contributed by atoms with Crippen LogP contribution in [0.25, 0.3) is 22.2 Å². The summed E-state index contributed by atoms with van der Waals surface area (Å²) in [4.78, 5) is 37.2. The molecule has 5 heterocycles. The number of hydrogen-bond donors (Lipinski definition) is 2. The Morgan fingerprint density at radius 3 is 1.68 bits per heavy atom. The van der Waals surface area contributed by atoms with Crippen molar-refractivity contribution in [2.75, 3.05) is 7.11 Å². The maximum atomic E-state index is 14.2. The summed E-state index contributed by atoms with van der Waals surface area (Å²) in [5.74, 6) is -1.45. The number of imidazole rings is 2. The second-order valence-electron chi connectivity index (χ2n) is 14.0. The van der Waals surface area contributed by atoms with E-state index >= 15 is 0 Å². The Hall–Kier alpha value is -7.76. The van der Waals surface area contributed by atoms with Crippen molar-refractivity contribution in [2.45, 2.75) is 32.7 Å². The smallest absolute Gasteiger partial charge is 0.253 e. The van der Waals surface area contributed by atoms with E-state index in [4.69, 9.17) is 4.74 Å². The van der Waals surface area contributed by atoms with Gasteiger partial charge in [-0.25, -0.2) is 31.2 Å². The maximum absolute atomic E-state index is 14.2. The minimum absolute atomic E-state index is 0.0637. The number of halogens is 1. The lowest BCUT2D eigenvalue weighted by Gasteiger charge is -2.11. The Bertz CT molecular complexity index is 3370. The molecule has 0 aliphatic carbocycles. The summed E-state index contributed by atoms with van der Waals surface area (Å²) in [7, 11) is -6.56. The van der Waals surface area contributed by atoms with Gasteiger partial charge < -0.3 is 24.2 Å². The molecular formula is C46H36FN7O7S2. The fraction of sp³-hybridized carbons (Fsp3) is 0.0652. The van der Waals surface area contributed by atoms with Gasteiger partial charge in [0.25, 0.3) is 11.8 Å². The topological polar surface area (TPSA) is 183 Å². The van der Waals surface area contributed by atoms with Crippen molar-refractivity contribution in [3.8, 4) is 5.75 Å². The molecule has 9 aromatic rings. The van der Waals surface area contributed by atoms with Crippen LogP contribution in [0.5, 0.6) is 5.75 Å². The summed E-state index contributed by atoms with van der Waals surface area (Å²) in [5.41, 5.74) is 4.41. The summed E-state index contributed by atoms with van der Waals surface area (Å²) in [6, 6.07) is 31.8. The van der Waals surface area contributed by atoms with E-state index in [1.54, 1.807) is 131 Å². The molecule has 0 aliphatic heterocycles. The molecule has 14 nitrogen and oxygen atoms in total. The normalized spacial score (nSPS) is 11.5. The number of ether oxygens (including phenoxy) is 1. The molecule has 4 aromatic carbocycles. The van der Waals surface area contributed by atoms with E-state index in [2.05, 4.69) is 25.6 Å². The van der Waals surface area contributed by atoms with Crippen molar-refractivity contribution >= 4 is 53.7 Å². The zero-order chi connectivity index (χ0) is 44.1. The summed E-state index contributed by atoms with van der Waals surface area (Å²) in [5, 5.41) is 6.41. The van der Waals surface area contributed by atoms with Gasteiger partial charge >= 0.3 is 0 Å². The van der Waals surface area contributed by atoms with Crippen molar-refractivity contribution in [2.24, 2.45) is 0 Å². The molecule has 0 radical (unpaired) electrons. The predicted octanol–water partition coefficient (Wildman–Crippen LogP) is 6.89. The number of methoxy groups -OCH3 is 1. The van der Waals surface area contributed by atoms with Gasteiger partial charge in [-0.2, -0.15) is 0 Å². The molecule has 0 unspecified atom stereocenters. The van der Waals surface area contributed by atoms with Gasteiger partial charge in [0.2, 0.25) is 19.7 Å². The van der Waals surface area contributed by atoms with E-state index in [9.17, 15) is 30.8 Å². The molecular weight excluding hydrogens is 846 g/mol. The number of aromatic nitrogens is 5. The number of carbonyl (C=O) groups excluding carboxylic acids is 2. The largest absolute Gasteiger partial charge is 0.495 e. The van der Waals surface area contributed by atoms with Gasteiger partial charge in [-0.05, 0) is 83.9 Å². The zero-order valence-corrected chi connectivity index (χ0v) is 34.9. The predicted molar refractivity (Wildman–Crippen MR) is 231 cm³/mol. The first kappa shape index (κ1) is 42.0. The van der Waals surface area contributed by atoms with Gasteiger partial charge in [0.05, 0.1) is 38.4 Å². The number of sulfone groups is 2. The fourth-order valence-electron chi connectivity index (χ4n) is 6.70. The number of fused-ring (bicyclic) bond motifs is 3. The molecule has 0 spiro atoms. The molecule has 0 fully saturated rings. The van der Waals surface area contributed by atoms with Crippen LogP contribution in [0.3, 0.4) is 0 Å². The van der Waals surface area contributed by atoms with E-state index in [1.807, 2.05) is 12.1 Å². The number of nitrogens with one attached hydrogen (secondary N) is 2. The lowest BCUT2D eigenvalue weighted by molar-refractivity contribution is 0.0942. The number of nitrogens with zero attached hydrogens (tertiary/aromatic N) is 5. The van der Waals surface area contributed by atoms with Gasteiger partial charge in [0.15, 0.2) is 0 Å². The van der Waals surface area contributed by atoms with Crippen molar-refractivity contribution in [1.29, 1.82) is 0 Å². The summed E-state index contributed by atoms with van der Waals surface area (Å²) >= 11 is 0. The average molecular weight is 882 g/mol. The maximum Gasteiger partial charge on any atom is 0.253 e. The highest BCUT2D eigenvalue weighted by Gasteiger charge is 2.26. The number of hydrogen-bond acceptors (Lipinski definition) is 10. The van der Waals surface area contributed by atoms with E-state index in [1.165, 1.54) is 31.4 Å². The molecule has 2 N–H and O–H groups in total. The number of pyridine rings is 3. The molecule has 0 bridgehead atoms. The third-order valence-electron chi connectivity index (χ3n) is 9.98. The lowest BCUT2D eigenvalue weighted by Crippen LogP contribution is -2.23. The molecule has 2 amide bonds. The summed E-state index contributed by atoms with van der Waals surface area (Å²) < 4.78 is 74.9. The Balaban J connectivity index is 0.000000173. The Kier molecular flexibility index (Phi) is 11.8. The standard InChI is InChI=1S/C24H18N4O3S.C22H18FN3O4S/c29-24(19-8-11-22-25-13-14-28(22)16-19)27-15-17-6-9-20(10-7-17)32(30,31)21-5-1-3-18-4-2-12-26-23(18)21;1-30-19-4-2-3-18(23)21(19)31(28,29)17-8-5-15(6-9-17)13-25-22(27)16-7-10-20-24-11-12-26(20)14-16/h1-14,16H,15H2,(H,27,29);2-12,14H,13H2,1H3,(H,25,27). The van der Waals surface area contributed by atoms with Crippen LogP contribution in [-0.4, -0.2) is 59.5 Å². The second-order valence-corrected chi connectivity index (χ2v) is 17.8. The molecule has 9 rings (SSSR count). The highest BCUT2D eigenvalue weighted by molar-refractivity contribution is 7.92. The van der Waals surface area contributed by atoms with Crippen LogP contribution in [0, 0.1) is 5.82 Å². The first-order valence-corrected chi connectivity index (χ1v) is 22.2. The van der Waals surface area contributed by atoms with Gasteiger partial charge in [0, 0.05) is 61.9 Å². The first-order chi connectivity index (χ1) is 30.4. The van der Waals surface area contributed by atoms with E-state index in [-0.39, 0.29) is 45.3 Å². The molecule has 0 saturated heterocycles. The summed E-state index contributed by atoms with van der Waals surface area (Å²) in [6.07, 6.45) is 11.8. The number of para-hydroxylation sites is 1. The second kappa shape index (κ2) is 17.7. The summed E-state index contributed by atoms with van der Waals surface area (Å²) in [6.45, 7) is 0.473. The molecule has 0 aliphatic rings. The van der Waals surface area contributed by atoms with Crippen LogP contribution in [0.15, 0.2) is 184 Å². The Morgan fingerprint density at radius 1 is 0.603 bits per heavy atom. The Labute approximate surface area is 360 Å². The Morgan fingerprint density at radius 2 is 1.13 bits per heavy atom. The lowest BCUT2D eigenvalue weighted by atomic mass is 10.2. The fourth-order valence-corrected chi connectivity index (χ4v) is 9.60.